The largest absolute Gasteiger partial charge is 0.449 e. The third-order valence-electron chi connectivity index (χ3n) is 3.66. The Labute approximate surface area is 127 Å². The molecule has 2 saturated heterocycles. The Hall–Kier alpha value is -1.79. The minimum absolute atomic E-state index is 0.0105. The molecule has 1 aromatic rings. The number of halogens is 1. The molecule has 2 aliphatic rings. The Morgan fingerprint density at radius 3 is 2.71 bits per heavy atom. The average Bonchev–Trinajstić information content (AvgIpc) is 2.79. The topological polar surface area (TPSA) is 75.9 Å². The van der Waals surface area contributed by atoms with Crippen LogP contribution in [0.2, 0.25) is 5.02 Å². The predicted molar refractivity (Wildman–Crippen MR) is 79.7 cm³/mol. The van der Waals surface area contributed by atoms with Crippen molar-refractivity contribution in [3.8, 4) is 0 Å². The molecular formula is C14H16ClN3O3. The zero-order chi connectivity index (χ0) is 15.0. The summed E-state index contributed by atoms with van der Waals surface area (Å²) in [6.45, 7) is 1.50. The number of hydrogen-bond acceptors (Lipinski definition) is 4. The van der Waals surface area contributed by atoms with Crippen molar-refractivity contribution in [2.24, 2.45) is 5.73 Å². The van der Waals surface area contributed by atoms with Crippen LogP contribution in [-0.2, 0) is 9.53 Å². The number of anilines is 2. The molecule has 7 heteroatoms. The highest BCUT2D eigenvalue weighted by molar-refractivity contribution is 6.34. The first-order chi connectivity index (χ1) is 10.1. The van der Waals surface area contributed by atoms with Crippen LogP contribution < -0.4 is 15.5 Å². The van der Waals surface area contributed by atoms with Crippen molar-refractivity contribution in [3.05, 3.63) is 23.2 Å². The number of carbonyl (C=O) groups is 2. The second-order valence-corrected chi connectivity index (χ2v) is 5.63. The van der Waals surface area contributed by atoms with Crippen LogP contribution in [0, 0.1) is 0 Å². The summed E-state index contributed by atoms with van der Waals surface area (Å²) in [5.41, 5.74) is 7.09. The number of carbonyl (C=O) groups excluding carboxylic acids is 2. The van der Waals surface area contributed by atoms with E-state index in [0.29, 0.717) is 42.5 Å². The summed E-state index contributed by atoms with van der Waals surface area (Å²) >= 11 is 6.27. The lowest BCUT2D eigenvalue weighted by atomic mass is 10.2. The first-order valence-electron chi connectivity index (χ1n) is 6.86. The highest BCUT2D eigenvalue weighted by atomic mass is 35.5. The van der Waals surface area contributed by atoms with Gasteiger partial charge in [-0.25, -0.2) is 4.79 Å². The number of cyclic esters (lactones) is 1. The number of ether oxygens (including phenoxy) is 1. The summed E-state index contributed by atoms with van der Waals surface area (Å²) in [6, 6.07) is 5.06. The summed E-state index contributed by atoms with van der Waals surface area (Å²) in [7, 11) is 0. The summed E-state index contributed by atoms with van der Waals surface area (Å²) in [6.07, 6.45) is 0.719. The molecule has 3 rings (SSSR count). The van der Waals surface area contributed by atoms with E-state index < -0.39 is 6.09 Å². The summed E-state index contributed by atoms with van der Waals surface area (Å²) in [5.74, 6) is -0.0105. The third-order valence-corrected chi connectivity index (χ3v) is 3.96. The Bertz CT molecular complexity index is 593. The average molecular weight is 310 g/mol. The quantitative estimate of drug-likeness (QED) is 0.903. The maximum Gasteiger partial charge on any atom is 0.414 e. The highest BCUT2D eigenvalue weighted by Crippen LogP contribution is 2.33. The molecule has 6 nitrogen and oxygen atoms in total. The van der Waals surface area contributed by atoms with Crippen LogP contribution in [0.1, 0.15) is 12.8 Å². The van der Waals surface area contributed by atoms with Crippen LogP contribution in [0.25, 0.3) is 0 Å². The smallest absolute Gasteiger partial charge is 0.414 e. The number of amides is 2. The first kappa shape index (κ1) is 14.2. The second kappa shape index (κ2) is 5.54. The zero-order valence-electron chi connectivity index (χ0n) is 11.4. The molecule has 112 valence electrons. The first-order valence-corrected chi connectivity index (χ1v) is 7.24. The van der Waals surface area contributed by atoms with E-state index in [1.807, 2.05) is 0 Å². The molecule has 1 unspecified atom stereocenters. The van der Waals surface area contributed by atoms with Crippen LogP contribution >= 0.6 is 11.6 Å². The van der Waals surface area contributed by atoms with Crippen molar-refractivity contribution in [3.63, 3.8) is 0 Å². The maximum atomic E-state index is 11.9. The summed E-state index contributed by atoms with van der Waals surface area (Å²) in [4.78, 5) is 26.7. The van der Waals surface area contributed by atoms with Crippen molar-refractivity contribution in [1.29, 1.82) is 0 Å². The fourth-order valence-corrected chi connectivity index (χ4v) is 2.91. The highest BCUT2D eigenvalue weighted by Gasteiger charge is 2.29. The van der Waals surface area contributed by atoms with Gasteiger partial charge in [0.1, 0.15) is 0 Å². The lowest BCUT2D eigenvalue weighted by Crippen LogP contribution is -2.37. The molecule has 2 N–H and O–H groups in total. The summed E-state index contributed by atoms with van der Waals surface area (Å²) < 4.78 is 5.01. The van der Waals surface area contributed by atoms with Gasteiger partial charge in [-0.2, -0.15) is 0 Å². The second-order valence-electron chi connectivity index (χ2n) is 5.22. The molecule has 0 saturated carbocycles. The van der Waals surface area contributed by atoms with E-state index in [9.17, 15) is 9.59 Å². The molecule has 0 bridgehead atoms. The van der Waals surface area contributed by atoms with Crippen LogP contribution in [0.3, 0.4) is 0 Å². The van der Waals surface area contributed by atoms with E-state index in [1.54, 1.807) is 23.1 Å². The van der Waals surface area contributed by atoms with Crippen molar-refractivity contribution < 1.29 is 14.3 Å². The van der Waals surface area contributed by atoms with Crippen LogP contribution in [-0.4, -0.2) is 37.7 Å². The SMILES string of the molecule is NC1CC(=O)N(c2ccc(N3CCCOC3=O)c(Cl)c2)C1. The molecule has 1 atom stereocenters. The molecular weight excluding hydrogens is 294 g/mol. The minimum Gasteiger partial charge on any atom is -0.449 e. The Morgan fingerprint density at radius 2 is 2.10 bits per heavy atom. The molecule has 2 fully saturated rings. The van der Waals surface area contributed by atoms with Gasteiger partial charge in [0.25, 0.3) is 0 Å². The van der Waals surface area contributed by atoms with Gasteiger partial charge < -0.3 is 15.4 Å². The minimum atomic E-state index is -0.393. The van der Waals surface area contributed by atoms with E-state index in [4.69, 9.17) is 22.1 Å². The molecule has 0 aromatic heterocycles. The Morgan fingerprint density at radius 1 is 1.29 bits per heavy atom. The Balaban J connectivity index is 1.86. The number of benzene rings is 1. The van der Waals surface area contributed by atoms with E-state index in [0.717, 1.165) is 6.42 Å². The molecule has 0 aliphatic carbocycles. The van der Waals surface area contributed by atoms with E-state index >= 15 is 0 Å². The number of hydrogen-bond donors (Lipinski definition) is 1. The van der Waals surface area contributed by atoms with Gasteiger partial charge in [0.15, 0.2) is 0 Å². The normalized spacial score (nSPS) is 22.7. The van der Waals surface area contributed by atoms with E-state index in [1.165, 1.54) is 4.90 Å². The molecule has 2 heterocycles. The molecule has 2 aliphatic heterocycles. The third kappa shape index (κ3) is 2.69. The fourth-order valence-electron chi connectivity index (χ4n) is 2.64. The van der Waals surface area contributed by atoms with Crippen molar-refractivity contribution in [2.45, 2.75) is 18.9 Å². The van der Waals surface area contributed by atoms with Gasteiger partial charge in [-0.15, -0.1) is 0 Å². The van der Waals surface area contributed by atoms with Crippen LogP contribution in [0.15, 0.2) is 18.2 Å². The van der Waals surface area contributed by atoms with E-state index in [-0.39, 0.29) is 11.9 Å². The standard InChI is InChI=1S/C14H16ClN3O3/c15-11-7-10(18-8-9(16)6-13(18)19)2-3-12(11)17-4-1-5-21-14(17)20/h2-3,7,9H,1,4-6,8,16H2. The van der Waals surface area contributed by atoms with Gasteiger partial charge in [0, 0.05) is 31.2 Å². The number of rotatable bonds is 2. The maximum absolute atomic E-state index is 11.9. The van der Waals surface area contributed by atoms with Gasteiger partial charge in [-0.3, -0.25) is 9.69 Å². The van der Waals surface area contributed by atoms with Gasteiger partial charge in [-0.05, 0) is 24.6 Å². The van der Waals surface area contributed by atoms with Crippen LogP contribution in [0.5, 0.6) is 0 Å². The molecule has 0 radical (unpaired) electrons. The molecule has 0 spiro atoms. The molecule has 21 heavy (non-hydrogen) atoms. The fraction of sp³-hybridized carbons (Fsp3) is 0.429. The van der Waals surface area contributed by atoms with Gasteiger partial charge in [0.2, 0.25) is 5.91 Å². The van der Waals surface area contributed by atoms with E-state index in [2.05, 4.69) is 0 Å². The van der Waals surface area contributed by atoms with Crippen LogP contribution in [0.4, 0.5) is 16.2 Å². The van der Waals surface area contributed by atoms with Gasteiger partial charge in [0.05, 0.1) is 17.3 Å². The lowest BCUT2D eigenvalue weighted by molar-refractivity contribution is -0.117. The molecule has 2 amide bonds. The number of nitrogens with zero attached hydrogens (tertiary/aromatic N) is 2. The Kier molecular flexibility index (Phi) is 3.73. The van der Waals surface area contributed by atoms with Crippen molar-refractivity contribution in [1.82, 2.24) is 0 Å². The number of nitrogens with two attached hydrogens (primary N) is 1. The summed E-state index contributed by atoms with van der Waals surface area (Å²) in [5, 5.41) is 0.416. The van der Waals surface area contributed by atoms with Gasteiger partial charge in [-0.1, -0.05) is 11.6 Å². The lowest BCUT2D eigenvalue weighted by Gasteiger charge is -2.27. The predicted octanol–water partition coefficient (Wildman–Crippen LogP) is 1.75. The zero-order valence-corrected chi connectivity index (χ0v) is 12.2. The monoisotopic (exact) mass is 309 g/mol. The van der Waals surface area contributed by atoms with Crippen molar-refractivity contribution >= 4 is 35.0 Å². The molecule has 1 aromatic carbocycles. The van der Waals surface area contributed by atoms with Crippen molar-refractivity contribution in [2.75, 3.05) is 29.5 Å². The van der Waals surface area contributed by atoms with Gasteiger partial charge >= 0.3 is 6.09 Å².